The number of aromatic hydroxyl groups is 1. The Morgan fingerprint density at radius 2 is 2.08 bits per heavy atom. The average molecular weight is 219 g/mol. The van der Waals surface area contributed by atoms with Crippen LogP contribution in [-0.2, 0) is 0 Å². The Kier molecular flexibility index (Phi) is 3.17. The number of carbonyl (C=O) groups excluding carboxylic acids is 1. The van der Waals surface area contributed by atoms with Crippen molar-refractivity contribution in [2.45, 2.75) is 13.3 Å². The predicted octanol–water partition coefficient (Wildman–Crippen LogP) is 3.29. The molecule has 0 aliphatic carbocycles. The number of rotatable bonds is 2. The van der Waals surface area contributed by atoms with E-state index in [-0.39, 0.29) is 22.1 Å². The maximum atomic E-state index is 11.3. The van der Waals surface area contributed by atoms with E-state index in [1.54, 1.807) is 6.92 Å². The van der Waals surface area contributed by atoms with Gasteiger partial charge in [0.1, 0.15) is 5.75 Å². The number of halogens is 2. The lowest BCUT2D eigenvalue weighted by Crippen LogP contribution is -1.98. The van der Waals surface area contributed by atoms with E-state index >= 15 is 0 Å². The third kappa shape index (κ3) is 2.14. The molecule has 70 valence electrons. The van der Waals surface area contributed by atoms with Crippen molar-refractivity contribution in [2.75, 3.05) is 0 Å². The molecule has 0 bridgehead atoms. The number of carbonyl (C=O) groups is 1. The largest absolute Gasteiger partial charge is 0.507 e. The molecular formula is C9H8Cl2O2. The molecule has 2 nitrogen and oxygen atoms in total. The van der Waals surface area contributed by atoms with E-state index in [0.29, 0.717) is 11.4 Å². The van der Waals surface area contributed by atoms with Crippen molar-refractivity contribution in [1.29, 1.82) is 0 Å². The van der Waals surface area contributed by atoms with Crippen LogP contribution in [0.15, 0.2) is 12.1 Å². The minimum Gasteiger partial charge on any atom is -0.507 e. The van der Waals surface area contributed by atoms with Crippen LogP contribution in [-0.4, -0.2) is 10.9 Å². The Hall–Kier alpha value is -0.730. The maximum Gasteiger partial charge on any atom is 0.167 e. The first-order valence-corrected chi connectivity index (χ1v) is 4.53. The highest BCUT2D eigenvalue weighted by Gasteiger charge is 2.14. The van der Waals surface area contributed by atoms with E-state index in [1.165, 1.54) is 12.1 Å². The molecule has 1 aromatic rings. The zero-order chi connectivity index (χ0) is 10.0. The molecule has 0 atom stereocenters. The van der Waals surface area contributed by atoms with Crippen molar-refractivity contribution in [1.82, 2.24) is 0 Å². The second-order valence-electron chi connectivity index (χ2n) is 2.56. The van der Waals surface area contributed by atoms with Gasteiger partial charge in [-0.1, -0.05) is 30.1 Å². The van der Waals surface area contributed by atoms with Gasteiger partial charge in [0.25, 0.3) is 0 Å². The van der Waals surface area contributed by atoms with Crippen LogP contribution in [0, 0.1) is 0 Å². The first kappa shape index (κ1) is 10.4. The van der Waals surface area contributed by atoms with E-state index in [1.807, 2.05) is 0 Å². The van der Waals surface area contributed by atoms with Gasteiger partial charge in [0.2, 0.25) is 0 Å². The number of Topliss-reactive ketones (excluding diaryl/α,β-unsaturated/α-hetero) is 1. The highest BCUT2D eigenvalue weighted by Crippen LogP contribution is 2.30. The van der Waals surface area contributed by atoms with Gasteiger partial charge in [0, 0.05) is 11.4 Å². The molecule has 1 N–H and O–H groups in total. The summed E-state index contributed by atoms with van der Waals surface area (Å²) < 4.78 is 0. The SMILES string of the molecule is CCC(=O)c1c(O)cc(Cl)cc1Cl. The number of hydrogen-bond donors (Lipinski definition) is 1. The van der Waals surface area contributed by atoms with Crippen LogP contribution in [0.1, 0.15) is 23.7 Å². The Labute approximate surface area is 86.1 Å². The van der Waals surface area contributed by atoms with Crippen molar-refractivity contribution < 1.29 is 9.90 Å². The molecule has 0 saturated carbocycles. The second-order valence-corrected chi connectivity index (χ2v) is 3.40. The molecule has 0 heterocycles. The summed E-state index contributed by atoms with van der Waals surface area (Å²) in [5, 5.41) is 9.89. The standard InChI is InChI=1S/C9H8Cl2O2/c1-2-7(12)9-6(11)3-5(10)4-8(9)13/h3-4,13H,2H2,1H3. The number of ketones is 1. The molecule has 0 saturated heterocycles. The van der Waals surface area contributed by atoms with Crippen LogP contribution in [0.3, 0.4) is 0 Å². The van der Waals surface area contributed by atoms with Gasteiger partial charge in [0.15, 0.2) is 5.78 Å². The minimum absolute atomic E-state index is 0.147. The molecule has 0 aliphatic rings. The van der Waals surface area contributed by atoms with Gasteiger partial charge >= 0.3 is 0 Å². The predicted molar refractivity (Wildman–Crippen MR) is 52.7 cm³/mol. The number of phenolic OH excluding ortho intramolecular Hbond substituents is 1. The quantitative estimate of drug-likeness (QED) is 0.774. The van der Waals surface area contributed by atoms with Gasteiger partial charge in [-0.25, -0.2) is 0 Å². The first-order chi connectivity index (χ1) is 6.06. The number of benzene rings is 1. The van der Waals surface area contributed by atoms with Crippen LogP contribution >= 0.6 is 23.2 Å². The monoisotopic (exact) mass is 218 g/mol. The molecule has 0 fully saturated rings. The van der Waals surface area contributed by atoms with E-state index in [9.17, 15) is 9.90 Å². The summed E-state index contributed by atoms with van der Waals surface area (Å²) in [4.78, 5) is 11.3. The van der Waals surface area contributed by atoms with Crippen LogP contribution in [0.5, 0.6) is 5.75 Å². The lowest BCUT2D eigenvalue weighted by atomic mass is 10.1. The zero-order valence-corrected chi connectivity index (χ0v) is 8.49. The van der Waals surface area contributed by atoms with Gasteiger partial charge in [-0.15, -0.1) is 0 Å². The molecule has 0 aliphatic heterocycles. The zero-order valence-electron chi connectivity index (χ0n) is 6.97. The average Bonchev–Trinajstić information content (AvgIpc) is 2.02. The van der Waals surface area contributed by atoms with Crippen LogP contribution < -0.4 is 0 Å². The lowest BCUT2D eigenvalue weighted by Gasteiger charge is -2.04. The van der Waals surface area contributed by atoms with Crippen molar-refractivity contribution in [2.24, 2.45) is 0 Å². The van der Waals surface area contributed by atoms with Gasteiger partial charge in [-0.2, -0.15) is 0 Å². The van der Waals surface area contributed by atoms with E-state index in [0.717, 1.165) is 0 Å². The van der Waals surface area contributed by atoms with Crippen molar-refractivity contribution in [3.8, 4) is 5.75 Å². The molecule has 1 rings (SSSR count). The summed E-state index contributed by atoms with van der Waals surface area (Å²) in [5.41, 5.74) is 0.147. The Morgan fingerprint density at radius 3 is 2.54 bits per heavy atom. The lowest BCUT2D eigenvalue weighted by molar-refractivity contribution is 0.0986. The summed E-state index contributed by atoms with van der Waals surface area (Å²) >= 11 is 11.4. The summed E-state index contributed by atoms with van der Waals surface area (Å²) in [6.45, 7) is 1.70. The van der Waals surface area contributed by atoms with E-state index in [4.69, 9.17) is 23.2 Å². The summed E-state index contributed by atoms with van der Waals surface area (Å²) in [6, 6.07) is 2.74. The maximum absolute atomic E-state index is 11.3. The van der Waals surface area contributed by atoms with Gasteiger partial charge < -0.3 is 5.11 Å². The van der Waals surface area contributed by atoms with Gasteiger partial charge in [-0.3, -0.25) is 4.79 Å². The molecular weight excluding hydrogens is 211 g/mol. The Bertz CT molecular complexity index is 324. The molecule has 4 heteroatoms. The number of hydrogen-bond acceptors (Lipinski definition) is 2. The highest BCUT2D eigenvalue weighted by molar-refractivity contribution is 6.37. The fourth-order valence-electron chi connectivity index (χ4n) is 1.01. The minimum atomic E-state index is -0.195. The van der Waals surface area contributed by atoms with E-state index in [2.05, 4.69) is 0 Å². The van der Waals surface area contributed by atoms with Crippen molar-refractivity contribution >= 4 is 29.0 Å². The van der Waals surface area contributed by atoms with Crippen LogP contribution in [0.25, 0.3) is 0 Å². The van der Waals surface area contributed by atoms with Crippen molar-refractivity contribution in [3.63, 3.8) is 0 Å². The molecule has 0 unspecified atom stereocenters. The first-order valence-electron chi connectivity index (χ1n) is 3.77. The molecule has 0 amide bonds. The van der Waals surface area contributed by atoms with Crippen LogP contribution in [0.4, 0.5) is 0 Å². The van der Waals surface area contributed by atoms with Crippen molar-refractivity contribution in [3.05, 3.63) is 27.7 Å². The third-order valence-electron chi connectivity index (χ3n) is 1.63. The van der Waals surface area contributed by atoms with Gasteiger partial charge in [-0.05, 0) is 12.1 Å². The summed E-state index contributed by atoms with van der Waals surface area (Å²) in [6.07, 6.45) is 0.301. The second kappa shape index (κ2) is 3.99. The molecule has 1 aromatic carbocycles. The normalized spacial score (nSPS) is 10.1. The number of phenols is 1. The summed E-state index contributed by atoms with van der Waals surface area (Å²) in [7, 11) is 0. The van der Waals surface area contributed by atoms with E-state index < -0.39 is 0 Å². The smallest absolute Gasteiger partial charge is 0.167 e. The van der Waals surface area contributed by atoms with Gasteiger partial charge in [0.05, 0.1) is 10.6 Å². The molecule has 13 heavy (non-hydrogen) atoms. The fraction of sp³-hybridized carbons (Fsp3) is 0.222. The fourth-order valence-corrected chi connectivity index (χ4v) is 1.60. The molecule has 0 aromatic heterocycles. The topological polar surface area (TPSA) is 37.3 Å². The van der Waals surface area contributed by atoms with Crippen LogP contribution in [0.2, 0.25) is 10.0 Å². The Balaban J connectivity index is 3.28. The molecule has 0 spiro atoms. The highest BCUT2D eigenvalue weighted by atomic mass is 35.5. The molecule has 0 radical (unpaired) electrons. The summed E-state index contributed by atoms with van der Waals surface area (Å²) in [5.74, 6) is -0.358. The third-order valence-corrected chi connectivity index (χ3v) is 2.15. The Morgan fingerprint density at radius 1 is 1.46 bits per heavy atom.